The van der Waals surface area contributed by atoms with Gasteiger partial charge in [0, 0.05) is 6.54 Å². The van der Waals surface area contributed by atoms with Crippen LogP contribution in [0.4, 0.5) is 0 Å². The zero-order chi connectivity index (χ0) is 28.5. The van der Waals surface area contributed by atoms with E-state index >= 15 is 0 Å². The minimum absolute atomic E-state index is 0.230. The first kappa shape index (κ1) is 30.2. The van der Waals surface area contributed by atoms with Gasteiger partial charge in [-0.1, -0.05) is 43.7 Å². The molecule has 0 amide bonds. The van der Waals surface area contributed by atoms with Crippen molar-refractivity contribution in [3.05, 3.63) is 58.1 Å². The Balaban J connectivity index is 2.19. The van der Waals surface area contributed by atoms with Crippen LogP contribution in [0.2, 0.25) is 0 Å². The highest BCUT2D eigenvalue weighted by molar-refractivity contribution is 7.89. The van der Waals surface area contributed by atoms with Crippen LogP contribution in [0.1, 0.15) is 88.6 Å². The van der Waals surface area contributed by atoms with E-state index in [1.807, 2.05) is 58.0 Å². The maximum atomic E-state index is 14.6. The third-order valence-corrected chi connectivity index (χ3v) is 9.45. The highest BCUT2D eigenvalue weighted by atomic mass is 32.2. The molecule has 1 heterocycles. The average molecular weight is 544 g/mol. The number of unbranched alkanes of at least 4 members (excludes halogenated alkanes) is 1. The smallest absolute Gasteiger partial charge is 0.325 e. The molecule has 3 rings (SSSR count). The Morgan fingerprint density at radius 3 is 2.29 bits per heavy atom. The maximum Gasteiger partial charge on any atom is 0.325 e. The van der Waals surface area contributed by atoms with Gasteiger partial charge in [0.2, 0.25) is 10.0 Å². The minimum atomic E-state index is -4.06. The summed E-state index contributed by atoms with van der Waals surface area (Å²) in [5, 5.41) is 0. The van der Waals surface area contributed by atoms with E-state index < -0.39 is 27.6 Å². The van der Waals surface area contributed by atoms with Gasteiger partial charge in [0.1, 0.15) is 23.0 Å². The van der Waals surface area contributed by atoms with Gasteiger partial charge in [-0.05, 0) is 109 Å². The van der Waals surface area contributed by atoms with Crippen LogP contribution in [-0.2, 0) is 32.4 Å². The van der Waals surface area contributed by atoms with Crippen molar-refractivity contribution in [1.29, 1.82) is 0 Å². The van der Waals surface area contributed by atoms with Crippen molar-refractivity contribution in [1.82, 2.24) is 4.31 Å². The number of sulfonamides is 1. The lowest BCUT2D eigenvalue weighted by Crippen LogP contribution is -2.49. The van der Waals surface area contributed by atoms with Crippen molar-refractivity contribution in [3.63, 3.8) is 0 Å². The molecule has 38 heavy (non-hydrogen) atoms. The maximum absolute atomic E-state index is 14.6. The summed E-state index contributed by atoms with van der Waals surface area (Å²) >= 11 is 0. The first-order valence-electron chi connectivity index (χ1n) is 13.7. The van der Waals surface area contributed by atoms with Crippen molar-refractivity contribution in [3.8, 4) is 5.75 Å². The molecule has 0 fully saturated rings. The molecule has 7 heteroatoms. The Morgan fingerprint density at radius 1 is 1.08 bits per heavy atom. The summed E-state index contributed by atoms with van der Waals surface area (Å²) in [6.45, 7) is 17.4. The number of carbonyl (C=O) groups excluding carboxylic acids is 1. The molecule has 0 spiro atoms. The van der Waals surface area contributed by atoms with E-state index in [1.165, 1.54) is 4.31 Å². The fourth-order valence-electron chi connectivity index (χ4n) is 5.12. The van der Waals surface area contributed by atoms with Crippen LogP contribution in [0.3, 0.4) is 0 Å². The minimum Gasteiger partial charge on any atom is -0.487 e. The number of carbonyl (C=O) groups is 1. The third kappa shape index (κ3) is 6.60. The molecule has 0 N–H and O–H groups in total. The highest BCUT2D eigenvalue weighted by Crippen LogP contribution is 2.43. The summed E-state index contributed by atoms with van der Waals surface area (Å²) < 4.78 is 42.8. The average Bonchev–Trinajstić information content (AvgIpc) is 2.81. The van der Waals surface area contributed by atoms with Crippen LogP contribution in [-0.4, -0.2) is 42.5 Å². The van der Waals surface area contributed by atoms with Gasteiger partial charge >= 0.3 is 5.97 Å². The molecule has 0 radical (unpaired) electrons. The molecule has 1 aliphatic heterocycles. The van der Waals surface area contributed by atoms with Crippen LogP contribution in [0.5, 0.6) is 5.75 Å². The normalized spacial score (nSPS) is 16.1. The fourth-order valence-corrected chi connectivity index (χ4v) is 7.27. The molecule has 1 atom stereocenters. The fraction of sp³-hybridized carbons (Fsp3) is 0.581. The van der Waals surface area contributed by atoms with Gasteiger partial charge in [-0.3, -0.25) is 4.79 Å². The number of hydrogen-bond donors (Lipinski definition) is 0. The van der Waals surface area contributed by atoms with Crippen molar-refractivity contribution < 1.29 is 22.7 Å². The number of benzene rings is 2. The van der Waals surface area contributed by atoms with E-state index in [-0.39, 0.29) is 23.5 Å². The molecule has 0 bridgehead atoms. The van der Waals surface area contributed by atoms with Gasteiger partial charge in [0.05, 0.1) is 4.90 Å². The monoisotopic (exact) mass is 543 g/mol. The zero-order valence-corrected chi connectivity index (χ0v) is 25.4. The molecule has 0 saturated carbocycles. The van der Waals surface area contributed by atoms with E-state index in [2.05, 4.69) is 13.8 Å². The van der Waals surface area contributed by atoms with Crippen LogP contribution in [0.25, 0.3) is 0 Å². The lowest BCUT2D eigenvalue weighted by Gasteiger charge is -2.37. The molecular weight excluding hydrogens is 498 g/mol. The van der Waals surface area contributed by atoms with Gasteiger partial charge in [-0.25, -0.2) is 8.42 Å². The topological polar surface area (TPSA) is 72.9 Å². The number of esters is 1. The first-order chi connectivity index (χ1) is 17.6. The Hall–Kier alpha value is -2.38. The number of hydrogen-bond acceptors (Lipinski definition) is 5. The van der Waals surface area contributed by atoms with Crippen molar-refractivity contribution in [2.75, 3.05) is 6.54 Å². The molecule has 6 nitrogen and oxygen atoms in total. The molecular formula is C31H45NO5S. The number of ether oxygens (including phenoxy) is 2. The van der Waals surface area contributed by atoms with E-state index in [1.54, 1.807) is 20.8 Å². The predicted octanol–water partition coefficient (Wildman–Crippen LogP) is 6.46. The number of fused-ring (bicyclic) bond motifs is 1. The Labute approximate surface area is 229 Å². The molecule has 0 aromatic heterocycles. The Kier molecular flexibility index (Phi) is 9.04. The molecule has 0 aliphatic carbocycles. The van der Waals surface area contributed by atoms with Gasteiger partial charge in [-0.2, -0.15) is 4.31 Å². The Bertz CT molecular complexity index is 1260. The van der Waals surface area contributed by atoms with E-state index in [4.69, 9.17) is 9.47 Å². The zero-order valence-electron chi connectivity index (χ0n) is 24.6. The third-order valence-electron chi connectivity index (χ3n) is 7.26. The standard InChI is InChI=1S/C31H45NO5S/c1-10-11-19-32(26(29(33)37-30(5,6)7)20-24-15-13-12-14-16-24)38(34,35)28-22(3)21(2)27-25(23(28)4)17-18-31(8,9)36-27/h12-16,26H,10-11,17-20H2,1-9H3/t26-/m0/s1. The highest BCUT2D eigenvalue weighted by Gasteiger charge is 2.41. The van der Waals surface area contributed by atoms with Crippen LogP contribution >= 0.6 is 0 Å². The van der Waals surface area contributed by atoms with E-state index in [9.17, 15) is 13.2 Å². The second-order valence-corrected chi connectivity index (χ2v) is 13.9. The molecule has 1 aliphatic rings. The summed E-state index contributed by atoms with van der Waals surface area (Å²) in [4.78, 5) is 13.9. The number of nitrogens with zero attached hydrogens (tertiary/aromatic N) is 1. The SMILES string of the molecule is CCCCN([C@@H](Cc1ccccc1)C(=O)OC(C)(C)C)S(=O)(=O)c1c(C)c(C)c2c(c1C)CCC(C)(C)O2. The second-order valence-electron chi connectivity index (χ2n) is 12.1. The van der Waals surface area contributed by atoms with Crippen LogP contribution in [0, 0.1) is 20.8 Å². The van der Waals surface area contributed by atoms with Gasteiger partial charge in [0.25, 0.3) is 0 Å². The van der Waals surface area contributed by atoms with Crippen LogP contribution < -0.4 is 4.74 Å². The van der Waals surface area contributed by atoms with Gasteiger partial charge < -0.3 is 9.47 Å². The number of rotatable bonds is 9. The Morgan fingerprint density at radius 2 is 1.71 bits per heavy atom. The first-order valence-corrected chi connectivity index (χ1v) is 15.1. The largest absolute Gasteiger partial charge is 0.487 e. The van der Waals surface area contributed by atoms with Crippen molar-refractivity contribution in [2.24, 2.45) is 0 Å². The quantitative estimate of drug-likeness (QED) is 0.340. The predicted molar refractivity (Wildman–Crippen MR) is 152 cm³/mol. The van der Waals surface area contributed by atoms with Crippen molar-refractivity contribution in [2.45, 2.75) is 117 Å². The lowest BCUT2D eigenvalue weighted by molar-refractivity contribution is -0.159. The summed E-state index contributed by atoms with van der Waals surface area (Å²) in [5.41, 5.74) is 2.99. The summed E-state index contributed by atoms with van der Waals surface area (Å²) in [6.07, 6.45) is 3.20. The van der Waals surface area contributed by atoms with Crippen LogP contribution in [0.15, 0.2) is 35.2 Å². The molecule has 0 saturated heterocycles. The molecule has 2 aromatic carbocycles. The summed E-state index contributed by atoms with van der Waals surface area (Å²) in [5.74, 6) is 0.263. The van der Waals surface area contributed by atoms with E-state index in [0.29, 0.717) is 17.5 Å². The molecule has 0 unspecified atom stereocenters. The lowest BCUT2D eigenvalue weighted by atomic mass is 9.88. The van der Waals surface area contributed by atoms with E-state index in [0.717, 1.165) is 41.7 Å². The molecule has 2 aromatic rings. The second kappa shape index (κ2) is 11.4. The summed E-state index contributed by atoms with van der Waals surface area (Å²) in [6, 6.07) is 8.55. The van der Waals surface area contributed by atoms with Gasteiger partial charge in [-0.15, -0.1) is 0 Å². The van der Waals surface area contributed by atoms with Gasteiger partial charge in [0.15, 0.2) is 0 Å². The van der Waals surface area contributed by atoms with Crippen molar-refractivity contribution >= 4 is 16.0 Å². The summed E-state index contributed by atoms with van der Waals surface area (Å²) in [7, 11) is -4.06. The molecule has 210 valence electrons.